The Labute approximate surface area is 191 Å². The van der Waals surface area contributed by atoms with Crippen LogP contribution in [0.15, 0.2) is 78.3 Å². The maximum Gasteiger partial charge on any atom is 0.269 e. The van der Waals surface area contributed by atoms with Gasteiger partial charge in [0.1, 0.15) is 6.61 Å². The van der Waals surface area contributed by atoms with Gasteiger partial charge in [0.05, 0.1) is 17.2 Å². The highest BCUT2D eigenvalue weighted by molar-refractivity contribution is 6.30. The van der Waals surface area contributed by atoms with Gasteiger partial charge in [-0.15, -0.1) is 6.58 Å². The number of hydrogen-bond donors (Lipinski definition) is 0. The highest BCUT2D eigenvalue weighted by Crippen LogP contribution is 2.34. The fraction of sp³-hybridized carbons (Fsp3) is 0.160. The number of hydrogen-bond acceptors (Lipinski definition) is 5. The molecule has 0 heterocycles. The molecule has 3 aromatic carbocycles. The molecule has 0 aromatic heterocycles. The van der Waals surface area contributed by atoms with Crippen LogP contribution in [0.25, 0.3) is 0 Å². The van der Waals surface area contributed by atoms with E-state index in [2.05, 4.69) is 11.6 Å². The number of nitro groups is 1. The van der Waals surface area contributed by atoms with Gasteiger partial charge in [0.15, 0.2) is 11.5 Å². The summed E-state index contributed by atoms with van der Waals surface area (Å²) in [6.07, 6.45) is 4.09. The molecule has 0 radical (unpaired) electrons. The SMILES string of the molecule is C=CCc1cc(C=Nc2ccc([N+](=O)[O-])cc2)cc(OCC)c1OCc1ccc(Cl)cc1. The summed E-state index contributed by atoms with van der Waals surface area (Å²) in [5.74, 6) is 1.28. The first-order chi connectivity index (χ1) is 15.5. The fourth-order valence-electron chi connectivity index (χ4n) is 3.04. The molecule has 0 aliphatic rings. The monoisotopic (exact) mass is 450 g/mol. The van der Waals surface area contributed by atoms with Crippen molar-refractivity contribution in [2.75, 3.05) is 6.61 Å². The summed E-state index contributed by atoms with van der Waals surface area (Å²) in [6.45, 7) is 6.61. The quantitative estimate of drug-likeness (QED) is 0.149. The molecule has 0 aliphatic carbocycles. The molecule has 0 unspecified atom stereocenters. The second-order valence-electron chi connectivity index (χ2n) is 6.88. The maximum atomic E-state index is 10.8. The van der Waals surface area contributed by atoms with Crippen molar-refractivity contribution in [2.45, 2.75) is 20.0 Å². The molecule has 0 amide bonds. The van der Waals surface area contributed by atoms with Crippen LogP contribution in [0, 0.1) is 10.1 Å². The lowest BCUT2D eigenvalue weighted by molar-refractivity contribution is -0.384. The first-order valence-electron chi connectivity index (χ1n) is 10.1. The molecule has 3 aromatic rings. The van der Waals surface area contributed by atoms with Crippen molar-refractivity contribution in [2.24, 2.45) is 4.99 Å². The third-order valence-electron chi connectivity index (χ3n) is 4.54. The Morgan fingerprint density at radius 2 is 1.81 bits per heavy atom. The Morgan fingerprint density at radius 1 is 1.09 bits per heavy atom. The molecule has 0 N–H and O–H groups in total. The Balaban J connectivity index is 1.87. The van der Waals surface area contributed by atoms with E-state index in [1.165, 1.54) is 12.1 Å². The number of nitrogens with zero attached hydrogens (tertiary/aromatic N) is 2. The highest BCUT2D eigenvalue weighted by Gasteiger charge is 2.13. The third-order valence-corrected chi connectivity index (χ3v) is 4.79. The molecule has 164 valence electrons. The molecule has 0 bridgehead atoms. The van der Waals surface area contributed by atoms with Crippen molar-refractivity contribution in [3.8, 4) is 11.5 Å². The Bertz CT molecular complexity index is 1110. The molecule has 0 saturated carbocycles. The topological polar surface area (TPSA) is 74.0 Å². The third kappa shape index (κ3) is 6.18. The molecule has 0 saturated heterocycles. The normalized spacial score (nSPS) is 10.8. The summed E-state index contributed by atoms with van der Waals surface area (Å²) < 4.78 is 12.0. The number of rotatable bonds is 10. The summed E-state index contributed by atoms with van der Waals surface area (Å²) in [5, 5.41) is 11.5. The van der Waals surface area contributed by atoms with Crippen LogP contribution in [0.3, 0.4) is 0 Å². The molecule has 0 atom stereocenters. The van der Waals surface area contributed by atoms with Gasteiger partial charge in [-0.3, -0.25) is 15.1 Å². The summed E-state index contributed by atoms with van der Waals surface area (Å²) >= 11 is 5.96. The molecule has 0 spiro atoms. The van der Waals surface area contributed by atoms with Crippen LogP contribution >= 0.6 is 11.6 Å². The van der Waals surface area contributed by atoms with Crippen LogP contribution in [0.4, 0.5) is 11.4 Å². The van der Waals surface area contributed by atoms with Crippen molar-refractivity contribution in [3.05, 3.63) is 105 Å². The van der Waals surface area contributed by atoms with E-state index in [0.717, 1.165) is 16.7 Å². The summed E-state index contributed by atoms with van der Waals surface area (Å²) in [7, 11) is 0. The Morgan fingerprint density at radius 3 is 2.44 bits per heavy atom. The first-order valence-corrected chi connectivity index (χ1v) is 10.4. The number of halogens is 1. The number of non-ortho nitro benzene ring substituents is 1. The molecule has 0 aliphatic heterocycles. The average molecular weight is 451 g/mol. The predicted octanol–water partition coefficient (Wildman–Crippen LogP) is 6.71. The van der Waals surface area contributed by atoms with Crippen molar-refractivity contribution >= 4 is 29.2 Å². The van der Waals surface area contributed by atoms with E-state index < -0.39 is 4.92 Å². The van der Waals surface area contributed by atoms with Gasteiger partial charge in [0.2, 0.25) is 0 Å². The lowest BCUT2D eigenvalue weighted by Gasteiger charge is -2.17. The van der Waals surface area contributed by atoms with E-state index in [9.17, 15) is 10.1 Å². The van der Waals surface area contributed by atoms with Crippen LogP contribution < -0.4 is 9.47 Å². The van der Waals surface area contributed by atoms with Gasteiger partial charge in [0.25, 0.3) is 5.69 Å². The van der Waals surface area contributed by atoms with E-state index in [-0.39, 0.29) is 5.69 Å². The lowest BCUT2D eigenvalue weighted by Crippen LogP contribution is -2.04. The van der Waals surface area contributed by atoms with E-state index >= 15 is 0 Å². The van der Waals surface area contributed by atoms with Gasteiger partial charge in [-0.1, -0.05) is 29.8 Å². The second-order valence-corrected chi connectivity index (χ2v) is 7.32. The minimum atomic E-state index is -0.438. The molecule has 6 nitrogen and oxygen atoms in total. The molecular weight excluding hydrogens is 428 g/mol. The van der Waals surface area contributed by atoms with Crippen LogP contribution in [0.5, 0.6) is 11.5 Å². The van der Waals surface area contributed by atoms with Gasteiger partial charge >= 0.3 is 0 Å². The van der Waals surface area contributed by atoms with E-state index in [0.29, 0.717) is 41.8 Å². The second kappa shape index (κ2) is 11.1. The molecule has 7 heteroatoms. The lowest BCUT2D eigenvalue weighted by atomic mass is 10.1. The Hall–Kier alpha value is -3.64. The largest absolute Gasteiger partial charge is 0.490 e. The maximum absolute atomic E-state index is 10.8. The van der Waals surface area contributed by atoms with Crippen molar-refractivity contribution in [1.29, 1.82) is 0 Å². The van der Waals surface area contributed by atoms with Gasteiger partial charge in [-0.25, -0.2) is 0 Å². The van der Waals surface area contributed by atoms with Gasteiger partial charge in [-0.05, 0) is 60.9 Å². The average Bonchev–Trinajstić information content (AvgIpc) is 2.79. The van der Waals surface area contributed by atoms with E-state index in [4.69, 9.17) is 21.1 Å². The highest BCUT2D eigenvalue weighted by atomic mass is 35.5. The minimum Gasteiger partial charge on any atom is -0.490 e. The zero-order chi connectivity index (χ0) is 22.9. The molecule has 0 fully saturated rings. The molecular formula is C25H23ClN2O4. The zero-order valence-electron chi connectivity index (χ0n) is 17.7. The standard InChI is InChI=1S/C25H23ClN2O4/c1-3-5-20-14-19(16-27-22-10-12-23(13-11-22)28(29)30)15-24(31-4-2)25(20)32-17-18-6-8-21(26)9-7-18/h3,6-16H,1,4-5,17H2,2H3. The molecule has 3 rings (SSSR count). The summed E-state index contributed by atoms with van der Waals surface area (Å²) in [5.41, 5.74) is 3.37. The minimum absolute atomic E-state index is 0.0260. The smallest absolute Gasteiger partial charge is 0.269 e. The fourth-order valence-corrected chi connectivity index (χ4v) is 3.16. The van der Waals surface area contributed by atoms with Crippen LogP contribution in [0.1, 0.15) is 23.6 Å². The van der Waals surface area contributed by atoms with Crippen LogP contribution in [0.2, 0.25) is 5.02 Å². The zero-order valence-corrected chi connectivity index (χ0v) is 18.4. The number of allylic oxidation sites excluding steroid dienone is 1. The van der Waals surface area contributed by atoms with Gasteiger partial charge in [-0.2, -0.15) is 0 Å². The predicted molar refractivity (Wildman–Crippen MR) is 128 cm³/mol. The number of nitro benzene ring substituents is 1. The Kier molecular flexibility index (Phi) is 8.00. The van der Waals surface area contributed by atoms with Gasteiger partial charge < -0.3 is 9.47 Å². The van der Waals surface area contributed by atoms with Crippen LogP contribution in [-0.4, -0.2) is 17.7 Å². The van der Waals surface area contributed by atoms with Crippen molar-refractivity contribution in [1.82, 2.24) is 0 Å². The summed E-state index contributed by atoms with van der Waals surface area (Å²) in [4.78, 5) is 14.8. The number of aliphatic imine (C=N–C) groups is 1. The number of ether oxygens (including phenoxy) is 2. The van der Waals surface area contributed by atoms with Gasteiger partial charge in [0, 0.05) is 28.9 Å². The first kappa shape index (κ1) is 23.0. The van der Waals surface area contributed by atoms with Crippen molar-refractivity contribution < 1.29 is 14.4 Å². The van der Waals surface area contributed by atoms with Crippen molar-refractivity contribution in [3.63, 3.8) is 0 Å². The number of benzene rings is 3. The van der Waals surface area contributed by atoms with E-state index in [1.54, 1.807) is 24.4 Å². The molecule has 32 heavy (non-hydrogen) atoms. The van der Waals surface area contributed by atoms with E-state index in [1.807, 2.05) is 43.3 Å². The van der Waals surface area contributed by atoms with Crippen LogP contribution in [-0.2, 0) is 13.0 Å². The summed E-state index contributed by atoms with van der Waals surface area (Å²) in [6, 6.07) is 17.4.